The Balaban J connectivity index is 1.08. The van der Waals surface area contributed by atoms with Crippen molar-refractivity contribution in [2.24, 2.45) is 11.8 Å². The number of oxazole rings is 1. The van der Waals surface area contributed by atoms with Gasteiger partial charge in [0.1, 0.15) is 42.2 Å². The zero-order valence-corrected chi connectivity index (χ0v) is 41.1. The average Bonchev–Trinajstić information content (AvgIpc) is 4.16. The molecule has 1 aliphatic carbocycles. The summed E-state index contributed by atoms with van der Waals surface area (Å²) < 4.78 is 24.4. The molecule has 8 rings (SSSR count). The average molecular weight is 972 g/mol. The summed E-state index contributed by atoms with van der Waals surface area (Å²) in [7, 11) is 0. The van der Waals surface area contributed by atoms with Crippen molar-refractivity contribution in [3.8, 4) is 11.1 Å². The van der Waals surface area contributed by atoms with Gasteiger partial charge in [-0.1, -0.05) is 180 Å². The van der Waals surface area contributed by atoms with Gasteiger partial charge in [0.2, 0.25) is 11.8 Å². The molecule has 7 aromatic rings. The Morgan fingerprint density at radius 1 is 0.676 bits per heavy atom. The highest BCUT2D eigenvalue weighted by molar-refractivity contribution is 7.09. The predicted octanol–water partition coefficient (Wildman–Crippen LogP) is 10.7. The lowest BCUT2D eigenvalue weighted by Gasteiger charge is -2.40. The Hall–Kier alpha value is -7.68. The van der Waals surface area contributed by atoms with Crippen LogP contribution in [0.15, 0.2) is 168 Å². The molecule has 1 aliphatic rings. The third-order valence-corrected chi connectivity index (χ3v) is 13.5. The molecule has 14 heteroatoms. The number of fused-ring (bicyclic) bond motifs is 3. The fourth-order valence-electron chi connectivity index (χ4n) is 8.99. The number of nitrogens with zero attached hydrogens (tertiary/aromatic N) is 2. The van der Waals surface area contributed by atoms with Crippen LogP contribution in [0.2, 0.25) is 0 Å². The van der Waals surface area contributed by atoms with Gasteiger partial charge in [-0.05, 0) is 57.7 Å². The van der Waals surface area contributed by atoms with Crippen molar-refractivity contribution < 1.29 is 37.8 Å². The van der Waals surface area contributed by atoms with Crippen molar-refractivity contribution >= 4 is 35.2 Å². The molecule has 0 spiro atoms. The second-order valence-corrected chi connectivity index (χ2v) is 18.9. The first-order valence-corrected chi connectivity index (χ1v) is 24.5. The molecule has 0 saturated heterocycles. The van der Waals surface area contributed by atoms with Crippen LogP contribution in [0.5, 0.6) is 0 Å². The Morgan fingerprint density at radius 2 is 1.21 bits per heavy atom. The van der Waals surface area contributed by atoms with Gasteiger partial charge in [0.15, 0.2) is 11.4 Å². The Kier molecular flexibility index (Phi) is 15.7. The van der Waals surface area contributed by atoms with E-state index in [2.05, 4.69) is 44.6 Å². The summed E-state index contributed by atoms with van der Waals surface area (Å²) in [6.07, 6.45) is 0.869. The fourth-order valence-corrected chi connectivity index (χ4v) is 10.00. The molecule has 13 nitrogen and oxygen atoms in total. The maximum absolute atomic E-state index is 15.1. The Morgan fingerprint density at radius 3 is 1.75 bits per heavy atom. The van der Waals surface area contributed by atoms with E-state index >= 15 is 4.79 Å². The first-order valence-electron chi connectivity index (χ1n) is 23.7. The highest BCUT2D eigenvalue weighted by Crippen LogP contribution is 2.45. The highest BCUT2D eigenvalue weighted by Gasteiger charge is 2.43. The van der Waals surface area contributed by atoms with E-state index < -0.39 is 53.7 Å². The number of carbonyl (C=O) groups is 4. The Bertz CT molecular complexity index is 2810. The number of benzene rings is 5. The first-order chi connectivity index (χ1) is 34.4. The molecule has 0 fully saturated rings. The Labute approximate surface area is 417 Å². The van der Waals surface area contributed by atoms with E-state index in [0.717, 1.165) is 38.9 Å². The normalized spacial score (nSPS) is 13.8. The summed E-state index contributed by atoms with van der Waals surface area (Å²) in [5.74, 6) is -2.33. The minimum absolute atomic E-state index is 0.0187. The van der Waals surface area contributed by atoms with Crippen LogP contribution in [0.25, 0.3) is 11.1 Å². The molecule has 0 saturated carbocycles. The highest BCUT2D eigenvalue weighted by atomic mass is 32.1. The maximum Gasteiger partial charge on any atom is 0.407 e. The molecule has 5 aromatic carbocycles. The number of alkyl carbamates (subject to hydrolysis) is 1. The molecule has 71 heavy (non-hydrogen) atoms. The molecule has 2 aromatic heterocycles. The lowest BCUT2D eigenvalue weighted by molar-refractivity contribution is -0.131. The topological polar surface area (TPSA) is 171 Å². The van der Waals surface area contributed by atoms with Gasteiger partial charge in [0, 0.05) is 11.3 Å². The zero-order valence-electron chi connectivity index (χ0n) is 40.2. The third kappa shape index (κ3) is 10.9. The molecule has 0 radical (unpaired) electrons. The molecule has 3 amide bonds. The van der Waals surface area contributed by atoms with E-state index in [1.807, 2.05) is 155 Å². The van der Waals surface area contributed by atoms with Gasteiger partial charge in [-0.15, -0.1) is 11.3 Å². The lowest BCUT2D eigenvalue weighted by atomic mass is 9.79. The van der Waals surface area contributed by atoms with E-state index in [1.54, 1.807) is 12.3 Å². The number of rotatable bonds is 20. The number of hydrogen-bond donors (Lipinski definition) is 3. The van der Waals surface area contributed by atoms with Gasteiger partial charge >= 0.3 is 12.1 Å². The van der Waals surface area contributed by atoms with E-state index in [1.165, 1.54) is 23.7 Å². The summed E-state index contributed by atoms with van der Waals surface area (Å²) >= 11 is 1.22. The smallest absolute Gasteiger partial charge is 0.407 e. The van der Waals surface area contributed by atoms with E-state index in [-0.39, 0.29) is 48.2 Å². The second-order valence-electron chi connectivity index (χ2n) is 18.0. The molecular formula is C57H57N5O8S. The van der Waals surface area contributed by atoms with Crippen molar-refractivity contribution in [1.29, 1.82) is 0 Å². The van der Waals surface area contributed by atoms with Gasteiger partial charge in [-0.2, -0.15) is 0 Å². The van der Waals surface area contributed by atoms with Crippen molar-refractivity contribution in [3.05, 3.63) is 214 Å². The van der Waals surface area contributed by atoms with Crippen LogP contribution >= 0.6 is 11.3 Å². The van der Waals surface area contributed by atoms with Gasteiger partial charge in [-0.3, -0.25) is 9.59 Å². The summed E-state index contributed by atoms with van der Waals surface area (Å²) in [5.41, 5.74) is 5.50. The number of hydrogen-bond acceptors (Lipinski definition) is 11. The van der Waals surface area contributed by atoms with E-state index in [0.29, 0.717) is 5.01 Å². The number of carbonyl (C=O) groups excluding carboxylic acids is 4. The van der Waals surface area contributed by atoms with Crippen LogP contribution in [0, 0.1) is 11.8 Å². The van der Waals surface area contributed by atoms with Crippen LogP contribution in [0.4, 0.5) is 4.79 Å². The maximum atomic E-state index is 15.1. The molecule has 0 bridgehead atoms. The molecule has 0 unspecified atom stereocenters. The first kappa shape index (κ1) is 49.7. The number of esters is 1. The van der Waals surface area contributed by atoms with Crippen molar-refractivity contribution in [3.63, 3.8) is 0 Å². The van der Waals surface area contributed by atoms with Gasteiger partial charge < -0.3 is 34.6 Å². The largest absolute Gasteiger partial charge is 0.457 e. The van der Waals surface area contributed by atoms with Crippen LogP contribution in [0.3, 0.4) is 0 Å². The minimum atomic E-state index is -1.34. The molecule has 2 heterocycles. The number of amides is 3. The van der Waals surface area contributed by atoms with Gasteiger partial charge in [-0.25, -0.2) is 19.6 Å². The van der Waals surface area contributed by atoms with Crippen molar-refractivity contribution in [2.75, 3.05) is 13.2 Å². The molecule has 4 atom stereocenters. The monoisotopic (exact) mass is 971 g/mol. The number of thiazole rings is 1. The number of aromatic nitrogens is 2. The number of nitrogens with one attached hydrogen (secondary N) is 3. The minimum Gasteiger partial charge on any atom is -0.457 e. The van der Waals surface area contributed by atoms with Crippen LogP contribution in [0.1, 0.15) is 112 Å². The third-order valence-electron chi connectivity index (χ3n) is 12.5. The van der Waals surface area contributed by atoms with E-state index in [4.69, 9.17) is 18.6 Å². The van der Waals surface area contributed by atoms with Crippen molar-refractivity contribution in [1.82, 2.24) is 25.9 Å². The molecular weight excluding hydrogens is 915 g/mol. The van der Waals surface area contributed by atoms with Crippen molar-refractivity contribution in [2.45, 2.75) is 70.4 Å². The standard InChI is InChI=1S/C57H57N5O8S/c1-7-31-67-55(65)47-34-71-54(59-47)49(36(4)5)61-51(63)46-33-68-53(58-46)48(35(2)3)60-52(64)50(62-56(66)69-32-45-43-29-19-17-27-41(43)42-28-18-20-30-44(42)45)37(6)70-57(38-21-11-8-12-22-38,39-23-13-9-14-24-39)40-25-15-10-16-26-40/h7-30,33-37,45,48-50H,1,31-32H2,2-6H3,(H,60,64)(H,61,63)(H,62,66)/t37-,48+,49+,50+/m1/s1. The lowest BCUT2D eigenvalue weighted by Crippen LogP contribution is -2.56. The molecule has 0 aliphatic heterocycles. The number of ether oxygens (including phenoxy) is 3. The predicted molar refractivity (Wildman–Crippen MR) is 272 cm³/mol. The fraction of sp³-hybridized carbons (Fsp3) is 0.263. The van der Waals surface area contributed by atoms with Crippen LogP contribution in [-0.4, -0.2) is 59.2 Å². The second kappa shape index (κ2) is 22.4. The van der Waals surface area contributed by atoms with Gasteiger partial charge in [0.25, 0.3) is 5.91 Å². The summed E-state index contributed by atoms with van der Waals surface area (Å²) in [6.45, 7) is 13.0. The van der Waals surface area contributed by atoms with Crippen LogP contribution < -0.4 is 16.0 Å². The summed E-state index contributed by atoms with van der Waals surface area (Å²) in [6, 6.07) is 42.6. The molecule has 364 valence electrons. The zero-order chi connectivity index (χ0) is 50.1. The van der Waals surface area contributed by atoms with Crippen LogP contribution in [-0.2, 0) is 24.6 Å². The van der Waals surface area contributed by atoms with E-state index in [9.17, 15) is 14.4 Å². The SMILES string of the molecule is C=CCOC(=O)c1csc([C@@H](NC(=O)c2coc([C@@H](NC(=O)[C@@H](NC(=O)OCC3c4ccccc4-c4ccccc43)[C@@H](C)OC(c3ccccc3)(c3ccccc3)c3ccccc3)C(C)C)n2)C(C)C)n1. The van der Waals surface area contributed by atoms with Gasteiger partial charge in [0.05, 0.1) is 12.1 Å². The summed E-state index contributed by atoms with van der Waals surface area (Å²) in [4.78, 5) is 64.6. The molecule has 3 N–H and O–H groups in total. The quantitative estimate of drug-likeness (QED) is 0.0379. The summed E-state index contributed by atoms with van der Waals surface area (Å²) in [5, 5.41) is 11.0.